The fourth-order valence-electron chi connectivity index (χ4n) is 2.82. The van der Waals surface area contributed by atoms with Crippen LogP contribution in [0.2, 0.25) is 0 Å². The molecule has 1 aromatic heterocycles. The smallest absolute Gasteiger partial charge is 0.326 e. The lowest BCUT2D eigenvalue weighted by Crippen LogP contribution is -2.46. The Morgan fingerprint density at radius 2 is 1.96 bits per heavy atom. The van der Waals surface area contributed by atoms with E-state index >= 15 is 0 Å². The number of carbonyl (C=O) groups is 1. The first-order valence-electron chi connectivity index (χ1n) is 8.10. The topological polar surface area (TPSA) is 48.5 Å². The maximum Gasteiger partial charge on any atom is 0.326 e. The van der Waals surface area contributed by atoms with Gasteiger partial charge in [0.15, 0.2) is 5.82 Å². The summed E-state index contributed by atoms with van der Waals surface area (Å²) in [4.78, 5) is 21.0. The molecular weight excluding hydrogens is 288 g/mol. The first-order chi connectivity index (χ1) is 11.2. The number of hydrogen-bond acceptors (Lipinski definition) is 3. The number of amides is 2. The number of aryl methyl sites for hydroxylation is 1. The molecule has 120 valence electrons. The summed E-state index contributed by atoms with van der Waals surface area (Å²) in [7, 11) is 0. The van der Waals surface area contributed by atoms with Crippen LogP contribution in [0.1, 0.15) is 19.4 Å². The molecule has 2 heterocycles. The molecule has 0 radical (unpaired) electrons. The van der Waals surface area contributed by atoms with Crippen LogP contribution >= 0.6 is 0 Å². The van der Waals surface area contributed by atoms with Crippen molar-refractivity contribution in [3.8, 4) is 0 Å². The molecule has 3 rings (SSSR count). The zero-order valence-electron chi connectivity index (χ0n) is 13.6. The van der Waals surface area contributed by atoms with Crippen molar-refractivity contribution in [1.82, 2.24) is 4.98 Å². The molecule has 0 saturated carbocycles. The molecule has 0 spiro atoms. The van der Waals surface area contributed by atoms with E-state index in [9.17, 15) is 4.79 Å². The molecule has 23 heavy (non-hydrogen) atoms. The minimum atomic E-state index is -0.112. The van der Waals surface area contributed by atoms with Gasteiger partial charge in [0.05, 0.1) is 5.69 Å². The number of rotatable bonds is 3. The lowest BCUT2D eigenvalue weighted by molar-refractivity contribution is 0.256. The minimum Gasteiger partial charge on any atom is -0.353 e. The largest absolute Gasteiger partial charge is 0.353 e. The molecule has 1 aromatic carbocycles. The molecule has 0 atom stereocenters. The number of aromatic nitrogens is 1. The second-order valence-corrected chi connectivity index (χ2v) is 5.56. The number of hydrogen-bond donors (Lipinski definition) is 1. The Hall–Kier alpha value is -2.56. The number of benzene rings is 1. The average Bonchev–Trinajstić information content (AvgIpc) is 2.61. The molecule has 0 saturated heterocycles. The average molecular weight is 310 g/mol. The third kappa shape index (κ3) is 3.13. The fourth-order valence-corrected chi connectivity index (χ4v) is 2.82. The lowest BCUT2D eigenvalue weighted by atomic mass is 10.1. The Morgan fingerprint density at radius 3 is 2.65 bits per heavy atom. The molecule has 5 nitrogen and oxygen atoms in total. The number of likely N-dealkylation sites (N-methyl/N-ethyl adjacent to an activating group) is 1. The van der Waals surface area contributed by atoms with Crippen molar-refractivity contribution >= 4 is 23.2 Å². The van der Waals surface area contributed by atoms with E-state index in [1.165, 1.54) is 5.56 Å². The fraction of sp³-hybridized carbons (Fsp3) is 0.333. The Morgan fingerprint density at radius 1 is 1.17 bits per heavy atom. The maximum atomic E-state index is 12.6. The van der Waals surface area contributed by atoms with Gasteiger partial charge < -0.3 is 10.2 Å². The summed E-state index contributed by atoms with van der Waals surface area (Å²) < 4.78 is 0. The van der Waals surface area contributed by atoms with Crippen molar-refractivity contribution in [1.29, 1.82) is 0 Å². The summed E-state index contributed by atoms with van der Waals surface area (Å²) in [6.07, 6.45) is 2.76. The van der Waals surface area contributed by atoms with Crippen LogP contribution in [0.5, 0.6) is 0 Å². The Kier molecular flexibility index (Phi) is 4.46. The van der Waals surface area contributed by atoms with Crippen LogP contribution in [0.4, 0.5) is 22.0 Å². The van der Waals surface area contributed by atoms with E-state index in [4.69, 9.17) is 0 Å². The summed E-state index contributed by atoms with van der Waals surface area (Å²) in [5.74, 6) is 0.873. The maximum absolute atomic E-state index is 12.6. The molecule has 1 N–H and O–H groups in total. The van der Waals surface area contributed by atoms with E-state index in [1.807, 2.05) is 36.4 Å². The van der Waals surface area contributed by atoms with Gasteiger partial charge in [-0.15, -0.1) is 0 Å². The van der Waals surface area contributed by atoms with Gasteiger partial charge >= 0.3 is 6.03 Å². The molecule has 0 fully saturated rings. The predicted molar refractivity (Wildman–Crippen MR) is 94.3 cm³/mol. The second kappa shape index (κ2) is 6.69. The first kappa shape index (κ1) is 15.3. The van der Waals surface area contributed by atoms with Crippen LogP contribution in [0, 0.1) is 0 Å². The van der Waals surface area contributed by atoms with Crippen molar-refractivity contribution in [3.05, 3.63) is 48.2 Å². The number of nitrogens with zero attached hydrogens (tertiary/aromatic N) is 3. The number of nitrogens with one attached hydrogen (secondary N) is 1. The molecule has 5 heteroatoms. The number of anilines is 3. The standard InChI is InChI=1S/C18H22N4O/c1-3-14-7-9-15(10-8-14)20-18(23)22-13-12-21(4-2)17-16(22)6-5-11-19-17/h5-11H,3-4,12-13H2,1-2H3,(H,20,23). The number of urea groups is 1. The van der Waals surface area contributed by atoms with Crippen molar-refractivity contribution < 1.29 is 4.79 Å². The van der Waals surface area contributed by atoms with Gasteiger partial charge in [-0.05, 0) is 43.2 Å². The number of carbonyl (C=O) groups excluding carboxylic acids is 1. The van der Waals surface area contributed by atoms with Gasteiger partial charge in [-0.2, -0.15) is 0 Å². The Labute approximate surface area is 136 Å². The highest BCUT2D eigenvalue weighted by molar-refractivity contribution is 6.04. The molecular formula is C18H22N4O. The molecule has 0 aliphatic carbocycles. The van der Waals surface area contributed by atoms with Crippen LogP contribution in [0.25, 0.3) is 0 Å². The van der Waals surface area contributed by atoms with E-state index < -0.39 is 0 Å². The van der Waals surface area contributed by atoms with E-state index in [0.29, 0.717) is 6.54 Å². The molecule has 2 amide bonds. The van der Waals surface area contributed by atoms with Crippen LogP contribution in [-0.4, -0.2) is 30.6 Å². The SMILES string of the molecule is CCc1ccc(NC(=O)N2CCN(CC)c3ncccc32)cc1. The summed E-state index contributed by atoms with van der Waals surface area (Å²) in [6.45, 7) is 6.56. The van der Waals surface area contributed by atoms with Crippen LogP contribution < -0.4 is 15.1 Å². The molecule has 0 unspecified atom stereocenters. The van der Waals surface area contributed by atoms with Gasteiger partial charge in [-0.25, -0.2) is 9.78 Å². The predicted octanol–water partition coefficient (Wildman–Crippen LogP) is 3.52. The Bertz CT molecular complexity index is 684. The minimum absolute atomic E-state index is 0.112. The summed E-state index contributed by atoms with van der Waals surface area (Å²) >= 11 is 0. The van der Waals surface area contributed by atoms with E-state index in [-0.39, 0.29) is 6.03 Å². The highest BCUT2D eigenvalue weighted by Crippen LogP contribution is 2.30. The molecule has 1 aliphatic rings. The first-order valence-corrected chi connectivity index (χ1v) is 8.10. The third-order valence-corrected chi connectivity index (χ3v) is 4.19. The number of pyridine rings is 1. The summed E-state index contributed by atoms with van der Waals surface area (Å²) in [5, 5.41) is 2.98. The van der Waals surface area contributed by atoms with Crippen LogP contribution in [0.15, 0.2) is 42.6 Å². The zero-order valence-corrected chi connectivity index (χ0v) is 13.6. The van der Waals surface area contributed by atoms with Crippen molar-refractivity contribution in [2.45, 2.75) is 20.3 Å². The number of fused-ring (bicyclic) bond motifs is 1. The van der Waals surface area contributed by atoms with Crippen molar-refractivity contribution in [2.24, 2.45) is 0 Å². The van der Waals surface area contributed by atoms with E-state index in [1.54, 1.807) is 11.1 Å². The van der Waals surface area contributed by atoms with E-state index in [0.717, 1.165) is 36.7 Å². The second-order valence-electron chi connectivity index (χ2n) is 5.56. The summed E-state index contributed by atoms with van der Waals surface area (Å²) in [6, 6.07) is 11.7. The van der Waals surface area contributed by atoms with Gasteiger partial charge in [-0.3, -0.25) is 4.90 Å². The van der Waals surface area contributed by atoms with Gasteiger partial charge in [-0.1, -0.05) is 19.1 Å². The van der Waals surface area contributed by atoms with Crippen LogP contribution in [-0.2, 0) is 6.42 Å². The molecule has 0 bridgehead atoms. The van der Waals surface area contributed by atoms with E-state index in [2.05, 4.69) is 29.0 Å². The Balaban J connectivity index is 1.79. The van der Waals surface area contributed by atoms with Gasteiger partial charge in [0.25, 0.3) is 0 Å². The highest BCUT2D eigenvalue weighted by atomic mass is 16.2. The molecule has 2 aromatic rings. The van der Waals surface area contributed by atoms with Crippen molar-refractivity contribution in [2.75, 3.05) is 34.8 Å². The third-order valence-electron chi connectivity index (χ3n) is 4.19. The zero-order chi connectivity index (χ0) is 16.2. The lowest BCUT2D eigenvalue weighted by Gasteiger charge is -2.35. The monoisotopic (exact) mass is 310 g/mol. The van der Waals surface area contributed by atoms with Gasteiger partial charge in [0, 0.05) is 31.5 Å². The quantitative estimate of drug-likeness (QED) is 0.943. The van der Waals surface area contributed by atoms with Gasteiger partial charge in [0.2, 0.25) is 0 Å². The normalized spacial score (nSPS) is 13.7. The van der Waals surface area contributed by atoms with Crippen molar-refractivity contribution in [3.63, 3.8) is 0 Å². The van der Waals surface area contributed by atoms with Gasteiger partial charge in [0.1, 0.15) is 0 Å². The van der Waals surface area contributed by atoms with Crippen LogP contribution in [0.3, 0.4) is 0 Å². The summed E-state index contributed by atoms with van der Waals surface area (Å²) in [5.41, 5.74) is 2.94. The molecule has 1 aliphatic heterocycles. The highest BCUT2D eigenvalue weighted by Gasteiger charge is 2.26.